The second-order valence-corrected chi connectivity index (χ2v) is 5.00. The summed E-state index contributed by atoms with van der Waals surface area (Å²) < 4.78 is 0. The van der Waals surface area contributed by atoms with Crippen molar-refractivity contribution in [2.75, 3.05) is 0 Å². The van der Waals surface area contributed by atoms with Crippen molar-refractivity contribution in [2.24, 2.45) is 10.7 Å². The predicted molar refractivity (Wildman–Crippen MR) is 88.6 cm³/mol. The van der Waals surface area contributed by atoms with E-state index in [1.165, 1.54) is 0 Å². The Labute approximate surface area is 132 Å². The first kappa shape index (κ1) is 14.9. The van der Waals surface area contributed by atoms with Gasteiger partial charge in [0.25, 0.3) is 0 Å². The van der Waals surface area contributed by atoms with Crippen LogP contribution < -0.4 is 11.2 Å². The van der Waals surface area contributed by atoms with E-state index in [1.807, 2.05) is 37.4 Å². The average molecular weight is 307 g/mol. The van der Waals surface area contributed by atoms with Crippen molar-refractivity contribution in [3.63, 3.8) is 0 Å². The van der Waals surface area contributed by atoms with E-state index in [2.05, 4.69) is 24.9 Å². The molecule has 0 fully saturated rings. The summed E-state index contributed by atoms with van der Waals surface area (Å²) in [4.78, 5) is 19.3. The number of nitrogens with one attached hydrogen (secondary N) is 3. The van der Waals surface area contributed by atoms with E-state index in [4.69, 9.17) is 11.1 Å². The molecule has 3 aromatic rings. The Morgan fingerprint density at radius 3 is 2.78 bits per heavy atom. The van der Waals surface area contributed by atoms with E-state index in [0.717, 1.165) is 34.7 Å². The molecule has 0 unspecified atom stereocenters. The van der Waals surface area contributed by atoms with Crippen LogP contribution in [0.5, 0.6) is 0 Å². The third-order valence-corrected chi connectivity index (χ3v) is 3.37. The first-order valence-corrected chi connectivity index (χ1v) is 7.16. The van der Waals surface area contributed by atoms with E-state index in [-0.39, 0.29) is 0 Å². The predicted octanol–water partition coefficient (Wildman–Crippen LogP) is 1.74. The van der Waals surface area contributed by atoms with E-state index in [1.54, 1.807) is 6.07 Å². The molecule has 0 bridgehead atoms. The summed E-state index contributed by atoms with van der Waals surface area (Å²) in [5.74, 6) is 0.701. The number of nitrogens with zero attached hydrogens (tertiary/aromatic N) is 3. The van der Waals surface area contributed by atoms with Crippen molar-refractivity contribution in [3.05, 3.63) is 53.5 Å². The lowest BCUT2D eigenvalue weighted by atomic mass is 10.1. The quantitative estimate of drug-likeness (QED) is 0.434. The molecule has 0 spiro atoms. The Kier molecular flexibility index (Phi) is 4.11. The molecule has 23 heavy (non-hydrogen) atoms. The minimum absolute atomic E-state index is 0.323. The van der Waals surface area contributed by atoms with Gasteiger partial charge in [-0.2, -0.15) is 0 Å². The van der Waals surface area contributed by atoms with Gasteiger partial charge >= 0.3 is 0 Å². The van der Waals surface area contributed by atoms with Crippen LogP contribution in [0.25, 0.3) is 22.6 Å². The molecular weight excluding hydrogens is 290 g/mol. The van der Waals surface area contributed by atoms with E-state index in [9.17, 15) is 0 Å². The van der Waals surface area contributed by atoms with Crippen LogP contribution in [0, 0.1) is 12.3 Å². The molecular formula is C16H17N7. The Morgan fingerprint density at radius 1 is 1.26 bits per heavy atom. The zero-order valence-corrected chi connectivity index (χ0v) is 12.7. The lowest BCUT2D eigenvalue weighted by Crippen LogP contribution is -2.05. The SMILES string of the molecule is Cc1cccc(-c2nc(CN)[nH]c2-c2cc/c(=N/C=N)[nH]c2)n1. The zero-order valence-electron chi connectivity index (χ0n) is 12.7. The number of hydrogen-bond acceptors (Lipinski definition) is 4. The second-order valence-electron chi connectivity index (χ2n) is 5.00. The fourth-order valence-corrected chi connectivity index (χ4v) is 2.31. The first-order valence-electron chi connectivity index (χ1n) is 7.16. The Bertz CT molecular complexity index is 884. The summed E-state index contributed by atoms with van der Waals surface area (Å²) in [5, 5.41) is 7.00. The largest absolute Gasteiger partial charge is 0.346 e. The third kappa shape index (κ3) is 3.09. The van der Waals surface area contributed by atoms with Gasteiger partial charge in [-0.05, 0) is 31.2 Å². The smallest absolute Gasteiger partial charge is 0.131 e. The van der Waals surface area contributed by atoms with Gasteiger partial charge in [0, 0.05) is 17.5 Å². The lowest BCUT2D eigenvalue weighted by Gasteiger charge is -2.03. The first-order chi connectivity index (χ1) is 11.2. The summed E-state index contributed by atoms with van der Waals surface area (Å²) in [6.07, 6.45) is 2.81. The summed E-state index contributed by atoms with van der Waals surface area (Å²) in [7, 11) is 0. The summed E-state index contributed by atoms with van der Waals surface area (Å²) in [6.45, 7) is 2.27. The van der Waals surface area contributed by atoms with Crippen molar-refractivity contribution in [3.8, 4) is 22.6 Å². The summed E-state index contributed by atoms with van der Waals surface area (Å²) >= 11 is 0. The van der Waals surface area contributed by atoms with Gasteiger partial charge in [0.15, 0.2) is 0 Å². The molecule has 3 heterocycles. The molecule has 0 saturated carbocycles. The molecule has 116 valence electrons. The summed E-state index contributed by atoms with van der Waals surface area (Å²) in [6, 6.07) is 9.54. The number of aromatic nitrogens is 4. The molecule has 0 aliphatic carbocycles. The maximum Gasteiger partial charge on any atom is 0.131 e. The fraction of sp³-hybridized carbons (Fsp3) is 0.125. The molecule has 0 aromatic carbocycles. The van der Waals surface area contributed by atoms with Gasteiger partial charge < -0.3 is 15.7 Å². The van der Waals surface area contributed by atoms with Crippen LogP contribution >= 0.6 is 0 Å². The molecule has 7 heteroatoms. The van der Waals surface area contributed by atoms with Gasteiger partial charge in [-0.15, -0.1) is 0 Å². The molecule has 0 aliphatic heterocycles. The molecule has 0 amide bonds. The van der Waals surface area contributed by atoms with Crippen LogP contribution in [0.1, 0.15) is 11.5 Å². The number of rotatable bonds is 4. The number of nitrogens with two attached hydrogens (primary N) is 1. The van der Waals surface area contributed by atoms with Crippen molar-refractivity contribution in [1.29, 1.82) is 5.41 Å². The highest BCUT2D eigenvalue weighted by molar-refractivity contribution is 5.76. The van der Waals surface area contributed by atoms with Crippen molar-refractivity contribution >= 4 is 6.34 Å². The van der Waals surface area contributed by atoms with Crippen LogP contribution in [0.15, 0.2) is 41.5 Å². The van der Waals surface area contributed by atoms with Crippen LogP contribution in [0.3, 0.4) is 0 Å². The zero-order chi connectivity index (χ0) is 16.2. The minimum Gasteiger partial charge on any atom is -0.346 e. The topological polar surface area (TPSA) is 120 Å². The normalized spacial score (nSPS) is 11.7. The molecule has 3 rings (SSSR count). The van der Waals surface area contributed by atoms with E-state index >= 15 is 0 Å². The fourth-order valence-electron chi connectivity index (χ4n) is 2.31. The third-order valence-electron chi connectivity index (χ3n) is 3.37. The maximum atomic E-state index is 7.00. The van der Waals surface area contributed by atoms with E-state index in [0.29, 0.717) is 17.9 Å². The highest BCUT2D eigenvalue weighted by Crippen LogP contribution is 2.28. The van der Waals surface area contributed by atoms with Crippen molar-refractivity contribution < 1.29 is 0 Å². The highest BCUT2D eigenvalue weighted by Gasteiger charge is 2.14. The monoisotopic (exact) mass is 307 g/mol. The molecule has 0 saturated heterocycles. The van der Waals surface area contributed by atoms with Crippen molar-refractivity contribution in [2.45, 2.75) is 13.5 Å². The Morgan fingerprint density at radius 2 is 2.13 bits per heavy atom. The number of pyridine rings is 2. The molecule has 0 atom stereocenters. The minimum atomic E-state index is 0.323. The summed E-state index contributed by atoms with van der Waals surface area (Å²) in [5.41, 5.74) is 10.6. The Balaban J connectivity index is 2.13. The van der Waals surface area contributed by atoms with Gasteiger partial charge in [-0.1, -0.05) is 6.07 Å². The van der Waals surface area contributed by atoms with Crippen LogP contribution in [0.4, 0.5) is 0 Å². The number of H-pyrrole nitrogens is 2. The standard InChI is InChI=1S/C16H17N7/c1-10-3-2-4-12(21-10)16-15(22-14(7-17)23-16)11-5-6-13(19-8-11)20-9-18/h2-6,8-9H,7,17H2,1H3,(H,22,23)(H2,18,19,20). The van der Waals surface area contributed by atoms with Gasteiger partial charge in [-0.3, -0.25) is 10.4 Å². The van der Waals surface area contributed by atoms with Crippen LogP contribution in [-0.2, 0) is 6.54 Å². The van der Waals surface area contributed by atoms with Gasteiger partial charge in [0.05, 0.1) is 17.9 Å². The van der Waals surface area contributed by atoms with Crippen LogP contribution in [0.2, 0.25) is 0 Å². The van der Waals surface area contributed by atoms with Crippen LogP contribution in [-0.4, -0.2) is 26.3 Å². The number of imidazole rings is 1. The molecule has 7 nitrogen and oxygen atoms in total. The molecule has 0 aliphatic rings. The number of hydrogen-bond donors (Lipinski definition) is 4. The van der Waals surface area contributed by atoms with Gasteiger partial charge in [0.1, 0.15) is 23.3 Å². The van der Waals surface area contributed by atoms with E-state index < -0.39 is 0 Å². The number of aromatic amines is 2. The average Bonchev–Trinajstić information content (AvgIpc) is 3.00. The molecule has 5 N–H and O–H groups in total. The Hall–Kier alpha value is -3.06. The molecule has 3 aromatic heterocycles. The highest BCUT2D eigenvalue weighted by atomic mass is 15.0. The number of aryl methyl sites for hydroxylation is 1. The maximum absolute atomic E-state index is 7.00. The lowest BCUT2D eigenvalue weighted by molar-refractivity contribution is 0.950. The van der Waals surface area contributed by atoms with Gasteiger partial charge in [-0.25, -0.2) is 9.98 Å². The van der Waals surface area contributed by atoms with Gasteiger partial charge in [0.2, 0.25) is 0 Å². The molecule has 0 radical (unpaired) electrons. The second kappa shape index (κ2) is 6.37. The van der Waals surface area contributed by atoms with Crippen molar-refractivity contribution in [1.82, 2.24) is 19.9 Å².